The maximum atomic E-state index is 12.2. The number of Topliss-reactive ketones (excluding diaryl/α,β-unsaturated/α-hetero) is 1. The molecule has 1 spiro atoms. The van der Waals surface area contributed by atoms with Crippen LogP contribution in [0.25, 0.3) is 0 Å². The van der Waals surface area contributed by atoms with E-state index in [9.17, 15) is 9.59 Å². The molecule has 0 radical (unpaired) electrons. The Morgan fingerprint density at radius 1 is 1.48 bits per heavy atom. The molecule has 122 valence electrons. The van der Waals surface area contributed by atoms with Gasteiger partial charge >= 0.3 is 5.97 Å². The van der Waals surface area contributed by atoms with Gasteiger partial charge < -0.3 is 9.64 Å². The predicted octanol–water partition coefficient (Wildman–Crippen LogP) is 3.01. The third kappa shape index (κ3) is 2.63. The highest BCUT2D eigenvalue weighted by molar-refractivity contribution is 6.29. The summed E-state index contributed by atoms with van der Waals surface area (Å²) in [6, 6.07) is 1.71. The molecular weight excluding hydrogens is 316 g/mol. The van der Waals surface area contributed by atoms with Crippen molar-refractivity contribution in [3.8, 4) is 0 Å². The van der Waals surface area contributed by atoms with E-state index >= 15 is 0 Å². The molecule has 1 aromatic heterocycles. The molecule has 2 heterocycles. The van der Waals surface area contributed by atoms with Gasteiger partial charge in [0, 0.05) is 30.3 Å². The van der Waals surface area contributed by atoms with Gasteiger partial charge in [-0.05, 0) is 26.8 Å². The number of halogens is 1. The van der Waals surface area contributed by atoms with Gasteiger partial charge in [-0.25, -0.2) is 4.98 Å². The lowest BCUT2D eigenvalue weighted by Gasteiger charge is -2.39. The van der Waals surface area contributed by atoms with E-state index in [0.717, 1.165) is 16.9 Å². The van der Waals surface area contributed by atoms with E-state index in [1.54, 1.807) is 17.2 Å². The molecule has 0 unspecified atom stereocenters. The minimum Gasteiger partial charge on any atom is -0.459 e. The van der Waals surface area contributed by atoms with Gasteiger partial charge in [-0.2, -0.15) is 0 Å². The molecule has 2 aliphatic rings. The van der Waals surface area contributed by atoms with Gasteiger partial charge in [-0.15, -0.1) is 0 Å². The Bertz CT molecular complexity index is 713. The number of allylic oxidation sites excluding steroid dienone is 1. The van der Waals surface area contributed by atoms with Crippen molar-refractivity contribution in [1.82, 2.24) is 4.98 Å². The Labute approximate surface area is 140 Å². The van der Waals surface area contributed by atoms with Crippen LogP contribution in [0.3, 0.4) is 0 Å². The molecule has 0 amide bonds. The molecule has 1 aromatic rings. The number of carbonyl (C=O) groups excluding carboxylic acids is 2. The minimum absolute atomic E-state index is 0.0411. The predicted molar refractivity (Wildman–Crippen MR) is 87.5 cm³/mol. The first-order chi connectivity index (χ1) is 10.6. The van der Waals surface area contributed by atoms with Gasteiger partial charge in [0.1, 0.15) is 23.1 Å². The summed E-state index contributed by atoms with van der Waals surface area (Å²) in [5, 5.41) is 0.341. The average molecular weight is 335 g/mol. The quantitative estimate of drug-likeness (QED) is 0.614. The van der Waals surface area contributed by atoms with Gasteiger partial charge in [0.2, 0.25) is 0 Å². The van der Waals surface area contributed by atoms with Crippen LogP contribution in [0.2, 0.25) is 5.15 Å². The van der Waals surface area contributed by atoms with Crippen LogP contribution in [0.4, 0.5) is 5.69 Å². The summed E-state index contributed by atoms with van der Waals surface area (Å²) in [6.45, 7) is 9.65. The van der Waals surface area contributed by atoms with E-state index in [1.165, 1.54) is 0 Å². The molecule has 3 rings (SSSR count). The minimum atomic E-state index is -0.555. The summed E-state index contributed by atoms with van der Waals surface area (Å²) in [5.41, 5.74) is 1.44. The number of hydrogen-bond acceptors (Lipinski definition) is 5. The molecule has 23 heavy (non-hydrogen) atoms. The van der Waals surface area contributed by atoms with Crippen LogP contribution >= 0.6 is 11.6 Å². The zero-order valence-electron chi connectivity index (χ0n) is 13.5. The SMILES string of the molecule is C=C1N(CC(=O)OC(C)(C)C)c2cc(Cl)ncc2C12CC(=O)C2. The van der Waals surface area contributed by atoms with E-state index in [0.29, 0.717) is 18.0 Å². The van der Waals surface area contributed by atoms with Gasteiger partial charge in [0.25, 0.3) is 0 Å². The van der Waals surface area contributed by atoms with E-state index < -0.39 is 11.0 Å². The van der Waals surface area contributed by atoms with Gasteiger partial charge in [0.15, 0.2) is 0 Å². The second-order valence-corrected chi connectivity index (χ2v) is 7.51. The highest BCUT2D eigenvalue weighted by Gasteiger charge is 2.55. The fraction of sp³-hybridized carbons (Fsp3) is 0.471. The van der Waals surface area contributed by atoms with Crippen molar-refractivity contribution in [1.29, 1.82) is 0 Å². The Hall–Kier alpha value is -1.88. The summed E-state index contributed by atoms with van der Waals surface area (Å²) in [4.78, 5) is 29.7. The second-order valence-electron chi connectivity index (χ2n) is 7.12. The van der Waals surface area contributed by atoms with E-state index in [4.69, 9.17) is 16.3 Å². The van der Waals surface area contributed by atoms with E-state index in [-0.39, 0.29) is 18.3 Å². The first-order valence-corrected chi connectivity index (χ1v) is 7.87. The topological polar surface area (TPSA) is 59.5 Å². The number of anilines is 1. The highest BCUT2D eigenvalue weighted by Crippen LogP contribution is 2.56. The van der Waals surface area contributed by atoms with Crippen LogP contribution < -0.4 is 4.90 Å². The number of rotatable bonds is 2. The first kappa shape index (κ1) is 16.0. The monoisotopic (exact) mass is 334 g/mol. The van der Waals surface area contributed by atoms with Gasteiger partial charge in [-0.1, -0.05) is 18.2 Å². The number of hydrogen-bond donors (Lipinski definition) is 0. The Morgan fingerprint density at radius 3 is 2.70 bits per heavy atom. The number of ketones is 1. The number of ether oxygens (including phenoxy) is 1. The van der Waals surface area contributed by atoms with Crippen molar-refractivity contribution in [2.75, 3.05) is 11.4 Å². The fourth-order valence-electron chi connectivity index (χ4n) is 3.27. The molecule has 0 saturated heterocycles. The molecule has 1 aliphatic heterocycles. The van der Waals surface area contributed by atoms with Crippen LogP contribution in [0.1, 0.15) is 39.2 Å². The van der Waals surface area contributed by atoms with Crippen molar-refractivity contribution >= 4 is 29.0 Å². The molecule has 6 heteroatoms. The molecule has 1 aliphatic carbocycles. The van der Waals surface area contributed by atoms with Crippen molar-refractivity contribution in [2.24, 2.45) is 0 Å². The zero-order valence-corrected chi connectivity index (χ0v) is 14.2. The maximum absolute atomic E-state index is 12.2. The number of nitrogens with zero attached hydrogens (tertiary/aromatic N) is 2. The van der Waals surface area contributed by atoms with Crippen molar-refractivity contribution in [3.63, 3.8) is 0 Å². The molecule has 0 N–H and O–H groups in total. The normalized spacial score (nSPS) is 18.9. The third-order valence-corrected chi connectivity index (χ3v) is 4.45. The largest absolute Gasteiger partial charge is 0.459 e. The average Bonchev–Trinajstić information content (AvgIpc) is 2.59. The van der Waals surface area contributed by atoms with Gasteiger partial charge in [0.05, 0.1) is 11.1 Å². The fourth-order valence-corrected chi connectivity index (χ4v) is 3.42. The number of aromatic nitrogens is 1. The van der Waals surface area contributed by atoms with Crippen LogP contribution in [0.5, 0.6) is 0 Å². The summed E-state index contributed by atoms with van der Waals surface area (Å²) < 4.78 is 5.40. The van der Waals surface area contributed by atoms with E-state index in [2.05, 4.69) is 11.6 Å². The summed E-state index contributed by atoms with van der Waals surface area (Å²) in [6.07, 6.45) is 2.48. The lowest BCUT2D eigenvalue weighted by atomic mass is 9.63. The summed E-state index contributed by atoms with van der Waals surface area (Å²) in [7, 11) is 0. The number of carbonyl (C=O) groups is 2. The van der Waals surface area contributed by atoms with Crippen LogP contribution in [0.15, 0.2) is 24.5 Å². The highest BCUT2D eigenvalue weighted by atomic mass is 35.5. The molecule has 1 fully saturated rings. The summed E-state index contributed by atoms with van der Waals surface area (Å²) >= 11 is 6.01. The summed E-state index contributed by atoms with van der Waals surface area (Å²) in [5.74, 6) is -0.161. The maximum Gasteiger partial charge on any atom is 0.326 e. The molecule has 5 nitrogen and oxygen atoms in total. The molecule has 0 atom stereocenters. The van der Waals surface area contributed by atoms with Crippen molar-refractivity contribution < 1.29 is 14.3 Å². The van der Waals surface area contributed by atoms with Crippen LogP contribution in [-0.4, -0.2) is 28.9 Å². The smallest absolute Gasteiger partial charge is 0.326 e. The van der Waals surface area contributed by atoms with Crippen LogP contribution in [0, 0.1) is 0 Å². The van der Waals surface area contributed by atoms with Gasteiger partial charge in [-0.3, -0.25) is 9.59 Å². The Balaban J connectivity index is 1.93. The Kier molecular flexibility index (Phi) is 3.52. The zero-order chi connectivity index (χ0) is 17.0. The molecule has 0 bridgehead atoms. The molecule has 0 aromatic carbocycles. The second kappa shape index (κ2) is 5.06. The molecular formula is C17H19ClN2O3. The van der Waals surface area contributed by atoms with Crippen molar-refractivity contribution in [2.45, 2.75) is 44.6 Å². The number of pyridine rings is 1. The Morgan fingerprint density at radius 2 is 2.13 bits per heavy atom. The lowest BCUT2D eigenvalue weighted by molar-refractivity contribution is -0.152. The standard InChI is InChI=1S/C17H19ClN2O3/c1-10-17(6-11(21)7-17)12-8-19-14(18)5-13(12)20(10)9-15(22)23-16(2,3)4/h5,8H,1,6-7,9H2,2-4H3. The lowest BCUT2D eigenvalue weighted by Crippen LogP contribution is -2.44. The number of esters is 1. The number of fused-ring (bicyclic) bond motifs is 2. The van der Waals surface area contributed by atoms with Crippen LogP contribution in [-0.2, 0) is 19.7 Å². The van der Waals surface area contributed by atoms with Crippen molar-refractivity contribution in [3.05, 3.63) is 35.3 Å². The molecule has 1 saturated carbocycles. The first-order valence-electron chi connectivity index (χ1n) is 7.49. The third-order valence-electron chi connectivity index (χ3n) is 4.24. The van der Waals surface area contributed by atoms with E-state index in [1.807, 2.05) is 20.8 Å².